The van der Waals surface area contributed by atoms with Crippen molar-refractivity contribution in [3.63, 3.8) is 0 Å². The van der Waals surface area contributed by atoms with Crippen molar-refractivity contribution in [2.75, 3.05) is 18.5 Å². The predicted molar refractivity (Wildman–Crippen MR) is 72.1 cm³/mol. The topological polar surface area (TPSA) is 56.3 Å². The van der Waals surface area contributed by atoms with Crippen LogP contribution in [-0.4, -0.2) is 35.3 Å². The summed E-state index contributed by atoms with van der Waals surface area (Å²) in [6.45, 7) is 11.2. The fourth-order valence-corrected chi connectivity index (χ4v) is 1.50. The van der Waals surface area contributed by atoms with Gasteiger partial charge in [0.2, 0.25) is 11.8 Å². The molecule has 0 bridgehead atoms. The first-order valence-electron chi connectivity index (χ1n) is 6.39. The Morgan fingerprint density at radius 1 is 1.28 bits per heavy atom. The van der Waals surface area contributed by atoms with Gasteiger partial charge < -0.3 is 14.8 Å². The van der Waals surface area contributed by atoms with Crippen LogP contribution in [0.2, 0.25) is 0 Å². The zero-order valence-electron chi connectivity index (χ0n) is 11.9. The molecule has 0 spiro atoms. The third-order valence-corrected chi connectivity index (χ3v) is 2.19. The Labute approximate surface area is 109 Å². The van der Waals surface area contributed by atoms with E-state index in [4.69, 9.17) is 9.47 Å². The Kier molecular flexibility index (Phi) is 5.85. The van der Waals surface area contributed by atoms with Crippen LogP contribution in [0.3, 0.4) is 0 Å². The molecule has 0 amide bonds. The van der Waals surface area contributed by atoms with Crippen LogP contribution >= 0.6 is 0 Å². The molecule has 5 heteroatoms. The lowest BCUT2D eigenvalue weighted by Crippen LogP contribution is -2.21. The number of ether oxygens (including phenoxy) is 2. The van der Waals surface area contributed by atoms with E-state index in [-0.39, 0.29) is 12.2 Å². The standard InChI is InChI=1S/C13H23N3O2/c1-6-17-11(5)8-14-13-15-10(4)7-12(16-13)18-9(2)3/h7,9,11H,6,8H2,1-5H3,(H,14,15,16). The molecule has 18 heavy (non-hydrogen) atoms. The van der Waals surface area contributed by atoms with E-state index in [1.165, 1.54) is 0 Å². The lowest BCUT2D eigenvalue weighted by molar-refractivity contribution is 0.0854. The maximum atomic E-state index is 5.57. The maximum Gasteiger partial charge on any atom is 0.226 e. The SMILES string of the molecule is CCOC(C)CNc1nc(C)cc(OC(C)C)n1. The molecule has 102 valence electrons. The van der Waals surface area contributed by atoms with Gasteiger partial charge in [-0.1, -0.05) is 0 Å². The van der Waals surface area contributed by atoms with Crippen molar-refractivity contribution in [3.05, 3.63) is 11.8 Å². The van der Waals surface area contributed by atoms with E-state index in [1.807, 2.05) is 40.7 Å². The summed E-state index contributed by atoms with van der Waals surface area (Å²) in [7, 11) is 0. The van der Waals surface area contributed by atoms with Gasteiger partial charge in [-0.25, -0.2) is 4.98 Å². The maximum absolute atomic E-state index is 5.57. The van der Waals surface area contributed by atoms with E-state index in [1.54, 1.807) is 0 Å². The van der Waals surface area contributed by atoms with E-state index in [9.17, 15) is 0 Å². The third kappa shape index (κ3) is 5.31. The Morgan fingerprint density at radius 2 is 2.00 bits per heavy atom. The van der Waals surface area contributed by atoms with E-state index in [2.05, 4.69) is 15.3 Å². The summed E-state index contributed by atoms with van der Waals surface area (Å²) in [4.78, 5) is 8.62. The van der Waals surface area contributed by atoms with Gasteiger partial charge in [-0.2, -0.15) is 4.98 Å². The number of nitrogens with zero attached hydrogens (tertiary/aromatic N) is 2. The first kappa shape index (κ1) is 14.7. The highest BCUT2D eigenvalue weighted by atomic mass is 16.5. The van der Waals surface area contributed by atoms with Crippen LogP contribution < -0.4 is 10.1 Å². The molecule has 0 saturated heterocycles. The Balaban J connectivity index is 2.62. The molecule has 1 aromatic heterocycles. The molecule has 1 atom stereocenters. The molecule has 0 aromatic carbocycles. The molecule has 1 aromatic rings. The minimum Gasteiger partial charge on any atom is -0.475 e. The molecular formula is C13H23N3O2. The van der Waals surface area contributed by atoms with Crippen molar-refractivity contribution in [3.8, 4) is 5.88 Å². The summed E-state index contributed by atoms with van der Waals surface area (Å²) >= 11 is 0. The lowest BCUT2D eigenvalue weighted by Gasteiger charge is -2.14. The quantitative estimate of drug-likeness (QED) is 0.808. The predicted octanol–water partition coefficient (Wildman–Crippen LogP) is 2.41. The lowest BCUT2D eigenvalue weighted by atomic mass is 10.4. The van der Waals surface area contributed by atoms with Gasteiger partial charge >= 0.3 is 0 Å². The van der Waals surface area contributed by atoms with Gasteiger partial charge in [-0.05, 0) is 34.6 Å². The van der Waals surface area contributed by atoms with Gasteiger partial charge in [0.15, 0.2) is 0 Å². The Hall–Kier alpha value is -1.36. The Bertz CT molecular complexity index is 369. The van der Waals surface area contributed by atoms with Gasteiger partial charge in [0.25, 0.3) is 0 Å². The number of aromatic nitrogens is 2. The summed E-state index contributed by atoms with van der Waals surface area (Å²) in [6.07, 6.45) is 0.239. The minimum absolute atomic E-state index is 0.106. The Morgan fingerprint density at radius 3 is 2.61 bits per heavy atom. The highest BCUT2D eigenvalue weighted by Crippen LogP contribution is 2.13. The molecule has 1 unspecified atom stereocenters. The zero-order chi connectivity index (χ0) is 13.5. The van der Waals surface area contributed by atoms with Crippen LogP contribution in [0.4, 0.5) is 5.95 Å². The number of hydrogen-bond acceptors (Lipinski definition) is 5. The van der Waals surface area contributed by atoms with Gasteiger partial charge in [-0.3, -0.25) is 0 Å². The van der Waals surface area contributed by atoms with E-state index in [0.717, 1.165) is 5.69 Å². The van der Waals surface area contributed by atoms with Crippen molar-refractivity contribution in [2.45, 2.75) is 46.8 Å². The summed E-state index contributed by atoms with van der Waals surface area (Å²) in [5.74, 6) is 1.18. The molecular weight excluding hydrogens is 230 g/mol. The molecule has 1 heterocycles. The number of rotatable bonds is 7. The van der Waals surface area contributed by atoms with Gasteiger partial charge in [0.05, 0.1) is 12.2 Å². The van der Waals surface area contributed by atoms with Crippen LogP contribution in [0.25, 0.3) is 0 Å². The average molecular weight is 253 g/mol. The van der Waals surface area contributed by atoms with Crippen molar-refractivity contribution < 1.29 is 9.47 Å². The molecule has 0 saturated carbocycles. The molecule has 0 fully saturated rings. The van der Waals surface area contributed by atoms with Crippen LogP contribution in [0, 0.1) is 6.92 Å². The zero-order valence-corrected chi connectivity index (χ0v) is 11.9. The van der Waals surface area contributed by atoms with Crippen molar-refractivity contribution in [2.24, 2.45) is 0 Å². The average Bonchev–Trinajstić information content (AvgIpc) is 2.25. The molecule has 0 radical (unpaired) electrons. The largest absolute Gasteiger partial charge is 0.475 e. The van der Waals surface area contributed by atoms with Crippen LogP contribution in [0.15, 0.2) is 6.07 Å². The summed E-state index contributed by atoms with van der Waals surface area (Å²) < 4.78 is 11.0. The van der Waals surface area contributed by atoms with E-state index < -0.39 is 0 Å². The molecule has 0 aliphatic rings. The second-order valence-corrected chi connectivity index (χ2v) is 4.48. The van der Waals surface area contributed by atoms with E-state index >= 15 is 0 Å². The fourth-order valence-electron chi connectivity index (χ4n) is 1.50. The summed E-state index contributed by atoms with van der Waals surface area (Å²) in [5.41, 5.74) is 0.882. The molecule has 0 aliphatic heterocycles. The van der Waals surface area contributed by atoms with Crippen molar-refractivity contribution >= 4 is 5.95 Å². The second-order valence-electron chi connectivity index (χ2n) is 4.48. The van der Waals surface area contributed by atoms with Crippen molar-refractivity contribution in [1.82, 2.24) is 9.97 Å². The first-order chi connectivity index (χ1) is 8.51. The normalized spacial score (nSPS) is 12.6. The second kappa shape index (κ2) is 7.16. The number of anilines is 1. The molecule has 5 nitrogen and oxygen atoms in total. The van der Waals surface area contributed by atoms with Crippen molar-refractivity contribution in [1.29, 1.82) is 0 Å². The smallest absolute Gasteiger partial charge is 0.226 e. The van der Waals surface area contributed by atoms with Crippen LogP contribution in [-0.2, 0) is 4.74 Å². The third-order valence-electron chi connectivity index (χ3n) is 2.19. The highest BCUT2D eigenvalue weighted by Gasteiger charge is 2.06. The highest BCUT2D eigenvalue weighted by molar-refractivity contribution is 5.30. The van der Waals surface area contributed by atoms with Gasteiger partial charge in [0, 0.05) is 24.9 Å². The van der Waals surface area contributed by atoms with Crippen LogP contribution in [0.5, 0.6) is 5.88 Å². The van der Waals surface area contributed by atoms with Gasteiger partial charge in [-0.15, -0.1) is 0 Å². The van der Waals surface area contributed by atoms with E-state index in [0.29, 0.717) is 25.0 Å². The minimum atomic E-state index is 0.106. The molecule has 1 rings (SSSR count). The molecule has 0 aliphatic carbocycles. The molecule has 1 N–H and O–H groups in total. The fraction of sp³-hybridized carbons (Fsp3) is 0.692. The number of aryl methyl sites for hydroxylation is 1. The summed E-state index contributed by atoms with van der Waals surface area (Å²) in [5, 5.41) is 3.16. The van der Waals surface area contributed by atoms with Gasteiger partial charge in [0.1, 0.15) is 0 Å². The first-order valence-corrected chi connectivity index (χ1v) is 6.39. The monoisotopic (exact) mass is 253 g/mol. The number of nitrogens with one attached hydrogen (secondary N) is 1. The number of hydrogen-bond donors (Lipinski definition) is 1. The summed E-state index contributed by atoms with van der Waals surface area (Å²) in [6, 6.07) is 1.83. The van der Waals surface area contributed by atoms with Crippen LogP contribution in [0.1, 0.15) is 33.4 Å².